The van der Waals surface area contributed by atoms with E-state index >= 15 is 0 Å². The second-order valence-electron chi connectivity index (χ2n) is 5.92. The Morgan fingerprint density at radius 1 is 1.35 bits per heavy atom. The predicted octanol–water partition coefficient (Wildman–Crippen LogP) is 1.73. The summed E-state index contributed by atoms with van der Waals surface area (Å²) >= 11 is 0. The van der Waals surface area contributed by atoms with Crippen LogP contribution in [0.1, 0.15) is 33.1 Å². The summed E-state index contributed by atoms with van der Waals surface area (Å²) in [6, 6.07) is 0.826. The number of hydrogen-bond donors (Lipinski definition) is 1. The van der Waals surface area contributed by atoms with Gasteiger partial charge in [-0.25, -0.2) is 0 Å². The molecule has 0 spiro atoms. The van der Waals surface area contributed by atoms with Crippen LogP contribution in [0.15, 0.2) is 0 Å². The largest absolute Gasteiger partial charge is 0.381 e. The van der Waals surface area contributed by atoms with E-state index in [1.165, 1.54) is 32.4 Å². The van der Waals surface area contributed by atoms with Gasteiger partial charge in [-0.3, -0.25) is 4.90 Å². The molecule has 2 rings (SSSR count). The number of likely N-dealkylation sites (tertiary alicyclic amines) is 1. The van der Waals surface area contributed by atoms with Gasteiger partial charge in [0.1, 0.15) is 0 Å². The number of rotatable bonds is 6. The van der Waals surface area contributed by atoms with Gasteiger partial charge >= 0.3 is 0 Å². The van der Waals surface area contributed by atoms with Crippen LogP contribution in [0.4, 0.5) is 0 Å². The molecular formula is C14H28N2O. The van der Waals surface area contributed by atoms with Gasteiger partial charge in [-0.15, -0.1) is 0 Å². The fraction of sp³-hybridized carbons (Fsp3) is 1.00. The van der Waals surface area contributed by atoms with Crippen LogP contribution in [0, 0.1) is 11.8 Å². The van der Waals surface area contributed by atoms with Crippen LogP contribution in [0.3, 0.4) is 0 Å². The average Bonchev–Trinajstić information content (AvgIpc) is 2.95. The summed E-state index contributed by atoms with van der Waals surface area (Å²) in [5.74, 6) is 1.57. The fourth-order valence-corrected chi connectivity index (χ4v) is 3.16. The van der Waals surface area contributed by atoms with Gasteiger partial charge in [0.15, 0.2) is 0 Å². The quantitative estimate of drug-likeness (QED) is 0.716. The van der Waals surface area contributed by atoms with Crippen LogP contribution >= 0.6 is 0 Å². The Hall–Kier alpha value is -0.120. The van der Waals surface area contributed by atoms with Crippen molar-refractivity contribution in [3.8, 4) is 0 Å². The van der Waals surface area contributed by atoms with Gasteiger partial charge in [0, 0.05) is 32.3 Å². The van der Waals surface area contributed by atoms with Gasteiger partial charge in [-0.2, -0.15) is 0 Å². The second kappa shape index (κ2) is 6.72. The Labute approximate surface area is 106 Å². The first kappa shape index (κ1) is 13.3. The summed E-state index contributed by atoms with van der Waals surface area (Å²) in [4.78, 5) is 2.67. The first-order valence-corrected chi connectivity index (χ1v) is 7.30. The molecule has 2 unspecified atom stereocenters. The highest BCUT2D eigenvalue weighted by Crippen LogP contribution is 2.22. The minimum absolute atomic E-state index is 0.759. The molecule has 1 N–H and O–H groups in total. The Balaban J connectivity index is 1.57. The van der Waals surface area contributed by atoms with Gasteiger partial charge in [0.25, 0.3) is 0 Å². The molecule has 100 valence electrons. The van der Waals surface area contributed by atoms with E-state index in [9.17, 15) is 0 Å². The van der Waals surface area contributed by atoms with Crippen LogP contribution < -0.4 is 5.32 Å². The van der Waals surface area contributed by atoms with Crippen molar-refractivity contribution in [2.45, 2.75) is 39.2 Å². The van der Waals surface area contributed by atoms with Crippen LogP contribution in [0.2, 0.25) is 0 Å². The lowest BCUT2D eigenvalue weighted by atomic mass is 10.0. The summed E-state index contributed by atoms with van der Waals surface area (Å²) in [6.45, 7) is 11.4. The fourth-order valence-electron chi connectivity index (χ4n) is 3.16. The molecule has 2 aliphatic heterocycles. The van der Waals surface area contributed by atoms with Crippen molar-refractivity contribution >= 4 is 0 Å². The van der Waals surface area contributed by atoms with Crippen LogP contribution in [-0.4, -0.2) is 50.3 Å². The second-order valence-corrected chi connectivity index (χ2v) is 5.92. The number of nitrogens with zero attached hydrogens (tertiary/aromatic N) is 1. The van der Waals surface area contributed by atoms with Crippen molar-refractivity contribution in [2.24, 2.45) is 11.8 Å². The Morgan fingerprint density at radius 3 is 2.94 bits per heavy atom. The van der Waals surface area contributed by atoms with E-state index in [4.69, 9.17) is 4.74 Å². The van der Waals surface area contributed by atoms with E-state index in [0.29, 0.717) is 0 Å². The smallest absolute Gasteiger partial charge is 0.0507 e. The highest BCUT2D eigenvalue weighted by molar-refractivity contribution is 4.81. The molecule has 2 aliphatic rings. The van der Waals surface area contributed by atoms with Gasteiger partial charge in [0.2, 0.25) is 0 Å². The van der Waals surface area contributed by atoms with Crippen LogP contribution in [-0.2, 0) is 4.74 Å². The molecule has 2 heterocycles. The molecule has 0 bridgehead atoms. The molecular weight excluding hydrogens is 212 g/mol. The number of hydrogen-bond acceptors (Lipinski definition) is 3. The molecule has 0 radical (unpaired) electrons. The maximum absolute atomic E-state index is 5.39. The minimum Gasteiger partial charge on any atom is -0.381 e. The summed E-state index contributed by atoms with van der Waals surface area (Å²) < 4.78 is 5.39. The summed E-state index contributed by atoms with van der Waals surface area (Å²) in [6.07, 6.45) is 4.03. The zero-order valence-electron chi connectivity index (χ0n) is 11.5. The van der Waals surface area contributed by atoms with Crippen molar-refractivity contribution in [3.05, 3.63) is 0 Å². The van der Waals surface area contributed by atoms with Crippen molar-refractivity contribution in [3.63, 3.8) is 0 Å². The van der Waals surface area contributed by atoms with E-state index in [1.54, 1.807) is 0 Å². The first-order valence-electron chi connectivity index (χ1n) is 7.30. The summed E-state index contributed by atoms with van der Waals surface area (Å²) in [5.41, 5.74) is 0. The Bertz CT molecular complexity index is 214. The molecule has 0 aromatic rings. The normalized spacial score (nSPS) is 30.5. The van der Waals surface area contributed by atoms with Gasteiger partial charge in [-0.1, -0.05) is 13.8 Å². The highest BCUT2D eigenvalue weighted by atomic mass is 16.5. The van der Waals surface area contributed by atoms with E-state index < -0.39 is 0 Å². The molecule has 0 amide bonds. The Morgan fingerprint density at radius 2 is 2.24 bits per heavy atom. The zero-order valence-corrected chi connectivity index (χ0v) is 11.5. The molecule has 0 aromatic heterocycles. The van der Waals surface area contributed by atoms with E-state index in [0.717, 1.165) is 44.2 Å². The highest BCUT2D eigenvalue weighted by Gasteiger charge is 2.26. The molecule has 3 nitrogen and oxygen atoms in total. The molecule has 2 atom stereocenters. The average molecular weight is 240 g/mol. The molecule has 3 heteroatoms. The third kappa shape index (κ3) is 3.94. The summed E-state index contributed by atoms with van der Waals surface area (Å²) in [5, 5.41) is 3.59. The third-order valence-electron chi connectivity index (χ3n) is 4.22. The minimum atomic E-state index is 0.759. The SMILES string of the molecule is CC(C)C1CCCN1CCNCC1CCOC1. The maximum atomic E-state index is 5.39. The summed E-state index contributed by atoms with van der Waals surface area (Å²) in [7, 11) is 0. The van der Waals surface area contributed by atoms with Crippen molar-refractivity contribution in [1.82, 2.24) is 10.2 Å². The van der Waals surface area contributed by atoms with Gasteiger partial charge < -0.3 is 10.1 Å². The van der Waals surface area contributed by atoms with E-state index in [1.807, 2.05) is 0 Å². The number of nitrogens with one attached hydrogen (secondary N) is 1. The molecule has 0 aromatic carbocycles. The van der Waals surface area contributed by atoms with Gasteiger partial charge in [-0.05, 0) is 37.6 Å². The van der Waals surface area contributed by atoms with Crippen molar-refractivity contribution in [2.75, 3.05) is 39.4 Å². The van der Waals surface area contributed by atoms with Crippen LogP contribution in [0.5, 0.6) is 0 Å². The monoisotopic (exact) mass is 240 g/mol. The molecule has 0 saturated carbocycles. The molecule has 2 saturated heterocycles. The van der Waals surface area contributed by atoms with Crippen LogP contribution in [0.25, 0.3) is 0 Å². The Kier molecular flexibility index (Phi) is 5.26. The molecule has 2 fully saturated rings. The predicted molar refractivity (Wildman–Crippen MR) is 71.2 cm³/mol. The number of ether oxygens (including phenoxy) is 1. The third-order valence-corrected chi connectivity index (χ3v) is 4.22. The lowest BCUT2D eigenvalue weighted by molar-refractivity contribution is 0.183. The maximum Gasteiger partial charge on any atom is 0.0507 e. The zero-order chi connectivity index (χ0) is 12.1. The van der Waals surface area contributed by atoms with E-state index in [-0.39, 0.29) is 0 Å². The first-order chi connectivity index (χ1) is 8.27. The molecule has 0 aliphatic carbocycles. The van der Waals surface area contributed by atoms with E-state index in [2.05, 4.69) is 24.1 Å². The molecule has 17 heavy (non-hydrogen) atoms. The van der Waals surface area contributed by atoms with Gasteiger partial charge in [0.05, 0.1) is 6.61 Å². The lowest BCUT2D eigenvalue weighted by Crippen LogP contribution is -2.39. The topological polar surface area (TPSA) is 24.5 Å². The standard InChI is InChI=1S/C14H28N2O/c1-12(2)14-4-3-7-16(14)8-6-15-10-13-5-9-17-11-13/h12-15H,3-11H2,1-2H3. The van der Waals surface area contributed by atoms with Crippen molar-refractivity contribution < 1.29 is 4.74 Å². The van der Waals surface area contributed by atoms with Crippen molar-refractivity contribution in [1.29, 1.82) is 0 Å². The lowest BCUT2D eigenvalue weighted by Gasteiger charge is -2.27.